The van der Waals surface area contributed by atoms with E-state index in [4.69, 9.17) is 9.84 Å². The lowest BCUT2D eigenvalue weighted by atomic mass is 9.97. The van der Waals surface area contributed by atoms with Crippen LogP contribution in [0.3, 0.4) is 0 Å². The van der Waals surface area contributed by atoms with Gasteiger partial charge in [-0.05, 0) is 37.1 Å². The zero-order chi connectivity index (χ0) is 17.7. The molecule has 1 aliphatic rings. The molecule has 1 N–H and O–H groups in total. The molecule has 1 saturated heterocycles. The Labute approximate surface area is 140 Å². The smallest absolute Gasteiger partial charge is 0.306 e. The van der Waals surface area contributed by atoms with E-state index in [0.29, 0.717) is 37.2 Å². The van der Waals surface area contributed by atoms with Crippen LogP contribution in [0.1, 0.15) is 23.2 Å². The Balaban J connectivity index is 1.89. The predicted molar refractivity (Wildman–Crippen MR) is 86.9 cm³/mol. The summed E-state index contributed by atoms with van der Waals surface area (Å²) in [5.41, 5.74) is 0.482. The zero-order valence-electron chi connectivity index (χ0n) is 13.9. The second kappa shape index (κ2) is 7.81. The first-order valence-corrected chi connectivity index (χ1v) is 7.82. The molecular weight excluding hydrogens is 312 g/mol. The first-order chi connectivity index (χ1) is 11.4. The summed E-state index contributed by atoms with van der Waals surface area (Å²) in [6, 6.07) is 6.69. The number of likely N-dealkylation sites (N-methyl/N-ethyl adjacent to an activating group) is 1. The van der Waals surface area contributed by atoms with Crippen molar-refractivity contribution in [3.05, 3.63) is 29.8 Å². The minimum atomic E-state index is -0.811. The number of carbonyl (C=O) groups excluding carboxylic acids is 2. The van der Waals surface area contributed by atoms with Crippen LogP contribution in [-0.4, -0.2) is 66.5 Å². The molecule has 0 aromatic heterocycles. The number of amides is 2. The van der Waals surface area contributed by atoms with Crippen molar-refractivity contribution in [2.75, 3.05) is 33.8 Å². The summed E-state index contributed by atoms with van der Waals surface area (Å²) in [5, 5.41) is 8.98. The summed E-state index contributed by atoms with van der Waals surface area (Å²) in [6.45, 7) is 0.809. The quantitative estimate of drug-likeness (QED) is 0.871. The van der Waals surface area contributed by atoms with Gasteiger partial charge in [0.2, 0.25) is 5.91 Å². The molecule has 2 rings (SSSR count). The summed E-state index contributed by atoms with van der Waals surface area (Å²) in [5.74, 6) is -0.942. The number of hydrogen-bond acceptors (Lipinski definition) is 4. The van der Waals surface area contributed by atoms with Gasteiger partial charge in [0, 0.05) is 25.7 Å². The van der Waals surface area contributed by atoms with E-state index in [1.54, 1.807) is 43.3 Å². The summed E-state index contributed by atoms with van der Waals surface area (Å²) in [4.78, 5) is 38.6. The van der Waals surface area contributed by atoms with Gasteiger partial charge in [-0.3, -0.25) is 14.4 Å². The highest BCUT2D eigenvalue weighted by atomic mass is 16.5. The fourth-order valence-corrected chi connectivity index (χ4v) is 2.70. The van der Waals surface area contributed by atoms with E-state index in [1.165, 1.54) is 4.90 Å². The van der Waals surface area contributed by atoms with Crippen LogP contribution in [0.25, 0.3) is 0 Å². The molecule has 7 nitrogen and oxygen atoms in total. The van der Waals surface area contributed by atoms with Crippen LogP contribution >= 0.6 is 0 Å². The Bertz CT molecular complexity index is 606. The third-order valence-corrected chi connectivity index (χ3v) is 4.25. The number of methoxy groups -OCH3 is 1. The monoisotopic (exact) mass is 334 g/mol. The molecule has 0 atom stereocenters. The van der Waals surface area contributed by atoms with E-state index in [1.807, 2.05) is 0 Å². The van der Waals surface area contributed by atoms with Gasteiger partial charge >= 0.3 is 5.97 Å². The predicted octanol–water partition coefficient (Wildman–Crippen LogP) is 1.09. The number of nitrogens with zero attached hydrogens (tertiary/aromatic N) is 2. The molecule has 0 bridgehead atoms. The molecule has 1 aliphatic heterocycles. The van der Waals surface area contributed by atoms with Crippen molar-refractivity contribution in [3.8, 4) is 5.75 Å². The van der Waals surface area contributed by atoms with Crippen LogP contribution < -0.4 is 4.74 Å². The van der Waals surface area contributed by atoms with Gasteiger partial charge in [-0.2, -0.15) is 0 Å². The van der Waals surface area contributed by atoms with Crippen LogP contribution in [0.15, 0.2) is 24.3 Å². The number of ether oxygens (including phenoxy) is 1. The third kappa shape index (κ3) is 4.24. The average molecular weight is 334 g/mol. The second-order valence-corrected chi connectivity index (χ2v) is 5.88. The minimum Gasteiger partial charge on any atom is -0.497 e. The number of aliphatic carboxylic acids is 1. The molecule has 2 amide bonds. The lowest BCUT2D eigenvalue weighted by Gasteiger charge is -2.31. The van der Waals surface area contributed by atoms with Crippen LogP contribution in [0.5, 0.6) is 5.75 Å². The largest absolute Gasteiger partial charge is 0.497 e. The number of likely N-dealkylation sites (tertiary alicyclic amines) is 1. The van der Waals surface area contributed by atoms with Crippen LogP contribution in [0.2, 0.25) is 0 Å². The lowest BCUT2D eigenvalue weighted by Crippen LogP contribution is -2.45. The van der Waals surface area contributed by atoms with E-state index < -0.39 is 5.97 Å². The second-order valence-electron chi connectivity index (χ2n) is 5.88. The van der Waals surface area contributed by atoms with E-state index >= 15 is 0 Å². The molecule has 24 heavy (non-hydrogen) atoms. The van der Waals surface area contributed by atoms with Gasteiger partial charge in [-0.15, -0.1) is 0 Å². The van der Waals surface area contributed by atoms with Crippen LogP contribution in [0.4, 0.5) is 0 Å². The number of carboxylic acids is 1. The van der Waals surface area contributed by atoms with Gasteiger partial charge < -0.3 is 19.6 Å². The Morgan fingerprint density at radius 1 is 1.21 bits per heavy atom. The van der Waals surface area contributed by atoms with E-state index in [2.05, 4.69) is 0 Å². The molecule has 1 fully saturated rings. The minimum absolute atomic E-state index is 0.0252. The summed E-state index contributed by atoms with van der Waals surface area (Å²) in [7, 11) is 3.13. The Kier molecular flexibility index (Phi) is 5.78. The van der Waals surface area contributed by atoms with E-state index in [0.717, 1.165) is 0 Å². The SMILES string of the molecule is COc1ccc(C(=O)N(C)CC(=O)N2CCC(C(=O)O)CC2)cc1. The molecule has 1 heterocycles. The van der Waals surface area contributed by atoms with Crippen molar-refractivity contribution in [1.29, 1.82) is 0 Å². The molecule has 0 aliphatic carbocycles. The number of carboxylic acid groups (broad SMARTS) is 1. The van der Waals surface area contributed by atoms with Gasteiger partial charge in [-0.1, -0.05) is 0 Å². The number of rotatable bonds is 5. The van der Waals surface area contributed by atoms with Gasteiger partial charge in [0.05, 0.1) is 19.6 Å². The van der Waals surface area contributed by atoms with Gasteiger partial charge in [-0.25, -0.2) is 0 Å². The Morgan fingerprint density at radius 3 is 2.29 bits per heavy atom. The molecular formula is C17H22N2O5. The highest BCUT2D eigenvalue weighted by Crippen LogP contribution is 2.18. The maximum absolute atomic E-state index is 12.3. The molecule has 0 unspecified atom stereocenters. The van der Waals surface area contributed by atoms with Gasteiger partial charge in [0.1, 0.15) is 5.75 Å². The van der Waals surface area contributed by atoms with Gasteiger partial charge in [0.25, 0.3) is 5.91 Å². The summed E-state index contributed by atoms with van der Waals surface area (Å²) in [6.07, 6.45) is 0.911. The molecule has 0 saturated carbocycles. The first-order valence-electron chi connectivity index (χ1n) is 7.82. The average Bonchev–Trinajstić information content (AvgIpc) is 2.61. The topological polar surface area (TPSA) is 87.2 Å². The normalized spacial score (nSPS) is 15.0. The fourth-order valence-electron chi connectivity index (χ4n) is 2.70. The summed E-state index contributed by atoms with van der Waals surface area (Å²) >= 11 is 0. The van der Waals surface area contributed by atoms with Gasteiger partial charge in [0.15, 0.2) is 0 Å². The third-order valence-electron chi connectivity index (χ3n) is 4.25. The Morgan fingerprint density at radius 2 is 1.79 bits per heavy atom. The first kappa shape index (κ1) is 17.8. The number of benzene rings is 1. The number of piperidine rings is 1. The maximum Gasteiger partial charge on any atom is 0.306 e. The maximum atomic E-state index is 12.3. The van der Waals surface area contributed by atoms with E-state index in [-0.39, 0.29) is 24.3 Å². The van der Waals surface area contributed by atoms with E-state index in [9.17, 15) is 14.4 Å². The molecule has 1 aromatic carbocycles. The van der Waals surface area contributed by atoms with Crippen molar-refractivity contribution < 1.29 is 24.2 Å². The highest BCUT2D eigenvalue weighted by Gasteiger charge is 2.28. The molecule has 1 aromatic rings. The van der Waals surface area contributed by atoms with Crippen LogP contribution in [-0.2, 0) is 9.59 Å². The standard InChI is InChI=1S/C17H22N2O5/c1-18(16(21)12-3-5-14(24-2)6-4-12)11-15(20)19-9-7-13(8-10-19)17(22)23/h3-6,13H,7-11H2,1-2H3,(H,22,23). The van der Waals surface area contributed by atoms with Crippen molar-refractivity contribution in [3.63, 3.8) is 0 Å². The van der Waals surface area contributed by atoms with Crippen molar-refractivity contribution in [2.45, 2.75) is 12.8 Å². The number of hydrogen-bond donors (Lipinski definition) is 1. The van der Waals surface area contributed by atoms with Crippen LogP contribution in [0, 0.1) is 5.92 Å². The molecule has 0 spiro atoms. The Hall–Kier alpha value is -2.57. The molecule has 7 heteroatoms. The highest BCUT2D eigenvalue weighted by molar-refractivity contribution is 5.96. The lowest BCUT2D eigenvalue weighted by molar-refractivity contribution is -0.145. The molecule has 130 valence electrons. The fraction of sp³-hybridized carbons (Fsp3) is 0.471. The molecule has 0 radical (unpaired) electrons. The van der Waals surface area contributed by atoms with Crippen molar-refractivity contribution in [2.24, 2.45) is 5.92 Å². The zero-order valence-corrected chi connectivity index (χ0v) is 13.9. The van der Waals surface area contributed by atoms with Crippen molar-refractivity contribution >= 4 is 17.8 Å². The summed E-state index contributed by atoms with van der Waals surface area (Å²) < 4.78 is 5.05. The van der Waals surface area contributed by atoms with Crippen molar-refractivity contribution in [1.82, 2.24) is 9.80 Å². The number of carbonyl (C=O) groups is 3.